The van der Waals surface area contributed by atoms with E-state index >= 15 is 0 Å². The Bertz CT molecular complexity index is 610. The van der Waals surface area contributed by atoms with Gasteiger partial charge in [0, 0.05) is 12.1 Å². The minimum absolute atomic E-state index is 0.000894. The first-order valence-corrected chi connectivity index (χ1v) is 6.37. The summed E-state index contributed by atoms with van der Waals surface area (Å²) in [6.45, 7) is -0.00667. The molecule has 2 aromatic rings. The highest BCUT2D eigenvalue weighted by Crippen LogP contribution is 2.08. The molecule has 0 fully saturated rings. The quantitative estimate of drug-likeness (QED) is 0.829. The Balaban J connectivity index is 1.68. The molecular weight excluding hydrogens is 277 g/mol. The van der Waals surface area contributed by atoms with E-state index in [4.69, 9.17) is 9.15 Å². The van der Waals surface area contributed by atoms with E-state index in [0.717, 1.165) is 0 Å². The van der Waals surface area contributed by atoms with Crippen molar-refractivity contribution in [2.24, 2.45) is 0 Å². The van der Waals surface area contributed by atoms with Gasteiger partial charge in [0.05, 0.1) is 12.7 Å². The standard InChI is InChI=1S/C15H14FNO4/c16-12-5-2-1-4-11(12)10-21-14(18)7-8-17-15(19)13-6-3-9-20-13/h1-6,9H,7-8,10H2,(H,17,19). The lowest BCUT2D eigenvalue weighted by atomic mass is 10.2. The number of ether oxygens (including phenoxy) is 1. The highest BCUT2D eigenvalue weighted by molar-refractivity contribution is 5.91. The van der Waals surface area contributed by atoms with Gasteiger partial charge in [-0.3, -0.25) is 9.59 Å². The molecule has 0 saturated heterocycles. The number of halogens is 1. The van der Waals surface area contributed by atoms with Crippen LogP contribution in [-0.4, -0.2) is 18.4 Å². The van der Waals surface area contributed by atoms with Crippen LogP contribution in [0.3, 0.4) is 0 Å². The molecule has 1 N–H and O–H groups in total. The smallest absolute Gasteiger partial charge is 0.307 e. The molecular formula is C15H14FNO4. The van der Waals surface area contributed by atoms with E-state index in [1.807, 2.05) is 0 Å². The number of furan rings is 1. The van der Waals surface area contributed by atoms with Gasteiger partial charge in [-0.1, -0.05) is 18.2 Å². The Kier molecular flexibility index (Phi) is 5.09. The number of carbonyl (C=O) groups excluding carboxylic acids is 2. The molecule has 0 saturated carbocycles. The van der Waals surface area contributed by atoms with Crippen molar-refractivity contribution in [1.82, 2.24) is 5.32 Å². The first-order chi connectivity index (χ1) is 10.2. The third kappa shape index (κ3) is 4.45. The highest BCUT2D eigenvalue weighted by atomic mass is 19.1. The Hall–Kier alpha value is -2.63. The average molecular weight is 291 g/mol. The van der Waals surface area contributed by atoms with E-state index in [-0.39, 0.29) is 25.3 Å². The highest BCUT2D eigenvalue weighted by Gasteiger charge is 2.10. The van der Waals surface area contributed by atoms with Crippen LogP contribution in [0.15, 0.2) is 47.1 Å². The van der Waals surface area contributed by atoms with Crippen molar-refractivity contribution in [3.63, 3.8) is 0 Å². The maximum absolute atomic E-state index is 13.3. The Morgan fingerprint density at radius 2 is 2.00 bits per heavy atom. The van der Waals surface area contributed by atoms with Crippen LogP contribution < -0.4 is 5.32 Å². The van der Waals surface area contributed by atoms with Gasteiger partial charge >= 0.3 is 5.97 Å². The molecule has 1 aromatic heterocycles. The zero-order valence-corrected chi connectivity index (χ0v) is 11.2. The van der Waals surface area contributed by atoms with Gasteiger partial charge in [0.2, 0.25) is 0 Å². The van der Waals surface area contributed by atoms with Gasteiger partial charge in [-0.2, -0.15) is 0 Å². The van der Waals surface area contributed by atoms with Crippen LogP contribution in [0, 0.1) is 5.82 Å². The van der Waals surface area contributed by atoms with Gasteiger partial charge in [-0.25, -0.2) is 4.39 Å². The number of hydrogen-bond acceptors (Lipinski definition) is 4. The average Bonchev–Trinajstić information content (AvgIpc) is 3.00. The van der Waals surface area contributed by atoms with Gasteiger partial charge in [-0.15, -0.1) is 0 Å². The molecule has 5 nitrogen and oxygen atoms in total. The third-order valence-electron chi connectivity index (χ3n) is 2.71. The SMILES string of the molecule is O=C(CCNC(=O)c1ccco1)OCc1ccccc1F. The van der Waals surface area contributed by atoms with Crippen LogP contribution in [0.25, 0.3) is 0 Å². The predicted octanol–water partition coefficient (Wildman–Crippen LogP) is 2.28. The summed E-state index contributed by atoms with van der Waals surface area (Å²) in [5.74, 6) is -1.16. The second-order valence-electron chi connectivity index (χ2n) is 4.24. The third-order valence-corrected chi connectivity index (χ3v) is 2.71. The van der Waals surface area contributed by atoms with Crippen molar-refractivity contribution in [3.05, 3.63) is 59.8 Å². The van der Waals surface area contributed by atoms with Crippen molar-refractivity contribution in [2.45, 2.75) is 13.0 Å². The molecule has 2 rings (SSSR count). The number of benzene rings is 1. The van der Waals surface area contributed by atoms with Crippen molar-refractivity contribution < 1.29 is 23.1 Å². The van der Waals surface area contributed by atoms with Gasteiger partial charge in [0.25, 0.3) is 5.91 Å². The second-order valence-corrected chi connectivity index (χ2v) is 4.24. The molecule has 0 atom stereocenters. The number of amides is 1. The number of rotatable bonds is 6. The largest absolute Gasteiger partial charge is 0.461 e. The van der Waals surface area contributed by atoms with Crippen molar-refractivity contribution >= 4 is 11.9 Å². The van der Waals surface area contributed by atoms with E-state index in [9.17, 15) is 14.0 Å². The van der Waals surface area contributed by atoms with Crippen LogP contribution >= 0.6 is 0 Å². The summed E-state index contributed by atoms with van der Waals surface area (Å²) in [7, 11) is 0. The minimum Gasteiger partial charge on any atom is -0.461 e. The fourth-order valence-electron chi connectivity index (χ4n) is 1.62. The number of esters is 1. The molecule has 0 aliphatic heterocycles. The second kappa shape index (κ2) is 7.23. The lowest BCUT2D eigenvalue weighted by Gasteiger charge is -2.06. The maximum Gasteiger partial charge on any atom is 0.307 e. The molecule has 21 heavy (non-hydrogen) atoms. The normalized spacial score (nSPS) is 10.1. The zero-order valence-electron chi connectivity index (χ0n) is 11.2. The summed E-state index contributed by atoms with van der Waals surface area (Å²) in [5.41, 5.74) is 0.311. The molecule has 0 spiro atoms. The maximum atomic E-state index is 13.3. The Morgan fingerprint density at radius 1 is 1.19 bits per heavy atom. The van der Waals surface area contributed by atoms with Crippen molar-refractivity contribution in [3.8, 4) is 0 Å². The van der Waals surface area contributed by atoms with Gasteiger partial charge in [0.1, 0.15) is 12.4 Å². The lowest BCUT2D eigenvalue weighted by molar-refractivity contribution is -0.144. The van der Waals surface area contributed by atoms with E-state index in [0.29, 0.717) is 5.56 Å². The van der Waals surface area contributed by atoms with E-state index in [2.05, 4.69) is 5.32 Å². The van der Waals surface area contributed by atoms with Crippen LogP contribution in [0.4, 0.5) is 4.39 Å². The van der Waals surface area contributed by atoms with Gasteiger partial charge in [0.15, 0.2) is 5.76 Å². The van der Waals surface area contributed by atoms with Gasteiger partial charge < -0.3 is 14.5 Å². The van der Waals surface area contributed by atoms with E-state index in [1.165, 1.54) is 18.4 Å². The summed E-state index contributed by atoms with van der Waals surface area (Å²) >= 11 is 0. The van der Waals surface area contributed by atoms with Crippen molar-refractivity contribution in [1.29, 1.82) is 0 Å². The van der Waals surface area contributed by atoms with E-state index < -0.39 is 17.7 Å². The molecule has 0 bridgehead atoms. The summed E-state index contributed by atoms with van der Waals surface area (Å²) in [6.07, 6.45) is 1.39. The topological polar surface area (TPSA) is 68.5 Å². The fourth-order valence-corrected chi connectivity index (χ4v) is 1.62. The molecule has 6 heteroatoms. The van der Waals surface area contributed by atoms with Crippen LogP contribution in [0.2, 0.25) is 0 Å². The van der Waals surface area contributed by atoms with Crippen LogP contribution in [0.5, 0.6) is 0 Å². The van der Waals surface area contributed by atoms with Crippen LogP contribution in [0.1, 0.15) is 22.5 Å². The zero-order chi connectivity index (χ0) is 15.1. The van der Waals surface area contributed by atoms with Gasteiger partial charge in [-0.05, 0) is 18.2 Å². The number of hydrogen-bond donors (Lipinski definition) is 1. The predicted molar refractivity (Wildman–Crippen MR) is 71.9 cm³/mol. The van der Waals surface area contributed by atoms with Crippen molar-refractivity contribution in [2.75, 3.05) is 6.54 Å². The number of nitrogens with one attached hydrogen (secondary N) is 1. The summed E-state index contributed by atoms with van der Waals surface area (Å²) in [6, 6.07) is 9.18. The summed E-state index contributed by atoms with van der Waals surface area (Å²) in [4.78, 5) is 23.0. The van der Waals surface area contributed by atoms with Crippen LogP contribution in [-0.2, 0) is 16.1 Å². The molecule has 0 unspecified atom stereocenters. The minimum atomic E-state index is -0.516. The monoisotopic (exact) mass is 291 g/mol. The molecule has 1 aromatic carbocycles. The molecule has 110 valence electrons. The van der Waals surface area contributed by atoms with E-state index in [1.54, 1.807) is 24.3 Å². The number of carbonyl (C=O) groups is 2. The first kappa shape index (κ1) is 14.8. The molecule has 1 amide bonds. The summed E-state index contributed by atoms with van der Waals surface area (Å²) < 4.78 is 23.1. The fraction of sp³-hybridized carbons (Fsp3) is 0.200. The Labute approximate surface area is 120 Å². The first-order valence-electron chi connectivity index (χ1n) is 6.37. The molecule has 0 radical (unpaired) electrons. The molecule has 0 aliphatic carbocycles. The Morgan fingerprint density at radius 3 is 2.71 bits per heavy atom. The molecule has 1 heterocycles. The molecule has 0 aliphatic rings. The summed E-state index contributed by atoms with van der Waals surface area (Å²) in [5, 5.41) is 2.52. The lowest BCUT2D eigenvalue weighted by Crippen LogP contribution is -2.26.